The van der Waals surface area contributed by atoms with Gasteiger partial charge in [0.1, 0.15) is 11.6 Å². The zero-order valence-corrected chi connectivity index (χ0v) is 20.7. The molecule has 2 amide bonds. The van der Waals surface area contributed by atoms with Crippen molar-refractivity contribution < 1.29 is 22.8 Å². The molecule has 3 N–H and O–H groups in total. The molecule has 1 aliphatic heterocycles. The van der Waals surface area contributed by atoms with Crippen LogP contribution in [0.1, 0.15) is 40.4 Å². The number of aromatic nitrogens is 4. The minimum absolute atomic E-state index is 0.0406. The Kier molecular flexibility index (Phi) is 6.77. The number of alkyl halides is 3. The lowest BCUT2D eigenvalue weighted by atomic mass is 9.94. The molecular weight excluding hydrogens is 511 g/mol. The Hall–Kier alpha value is -4.74. The topological polar surface area (TPSA) is 119 Å². The van der Waals surface area contributed by atoms with E-state index in [0.29, 0.717) is 37.1 Å². The zero-order chi connectivity index (χ0) is 27.7. The molecule has 200 valence electrons. The number of halogens is 3. The Morgan fingerprint density at radius 1 is 1.13 bits per heavy atom. The summed E-state index contributed by atoms with van der Waals surface area (Å²) < 4.78 is 44.5. The van der Waals surface area contributed by atoms with Gasteiger partial charge >= 0.3 is 6.18 Å². The van der Waals surface area contributed by atoms with E-state index in [2.05, 4.69) is 26.8 Å². The summed E-state index contributed by atoms with van der Waals surface area (Å²) in [4.78, 5) is 39.3. The number of hydrogen-bond acceptors (Lipinski definition) is 6. The Morgan fingerprint density at radius 2 is 1.95 bits per heavy atom. The molecule has 5 rings (SSSR count). The summed E-state index contributed by atoms with van der Waals surface area (Å²) >= 11 is 0. The molecule has 1 saturated heterocycles. The Labute approximate surface area is 221 Å². The van der Waals surface area contributed by atoms with E-state index in [1.807, 2.05) is 0 Å². The summed E-state index contributed by atoms with van der Waals surface area (Å²) in [6.45, 7) is 4.44. The molecule has 39 heavy (non-hydrogen) atoms. The Bertz CT molecular complexity index is 1570. The number of piperidine rings is 1. The van der Waals surface area contributed by atoms with Crippen LogP contribution in [0.25, 0.3) is 16.9 Å². The highest BCUT2D eigenvalue weighted by atomic mass is 19.4. The largest absolute Gasteiger partial charge is 0.417 e. The molecule has 4 heterocycles. The quantitative estimate of drug-likeness (QED) is 0.363. The molecule has 1 atom stereocenters. The van der Waals surface area contributed by atoms with E-state index in [9.17, 15) is 22.8 Å². The van der Waals surface area contributed by atoms with E-state index in [4.69, 9.17) is 5.73 Å². The number of carbonyl (C=O) groups is 2. The molecule has 3 aromatic heterocycles. The number of hydrogen-bond donors (Lipinski definition) is 2. The number of benzene rings is 1. The van der Waals surface area contributed by atoms with Crippen LogP contribution in [0.4, 0.5) is 24.9 Å². The number of pyridine rings is 1. The van der Waals surface area contributed by atoms with Crippen LogP contribution in [-0.2, 0) is 11.0 Å². The number of nitrogen functional groups attached to an aromatic ring is 1. The van der Waals surface area contributed by atoms with Crippen LogP contribution in [0.3, 0.4) is 0 Å². The van der Waals surface area contributed by atoms with E-state index in [0.717, 1.165) is 6.07 Å². The van der Waals surface area contributed by atoms with Crippen molar-refractivity contribution in [1.82, 2.24) is 24.3 Å². The van der Waals surface area contributed by atoms with Crippen molar-refractivity contribution in [2.45, 2.75) is 24.9 Å². The molecule has 0 spiro atoms. The number of nitrogens with zero attached hydrogens (tertiary/aromatic N) is 5. The summed E-state index contributed by atoms with van der Waals surface area (Å²) in [7, 11) is 0. The molecule has 0 aliphatic carbocycles. The highest BCUT2D eigenvalue weighted by Crippen LogP contribution is 2.40. The maximum atomic E-state index is 14.4. The lowest BCUT2D eigenvalue weighted by Gasteiger charge is -2.31. The monoisotopic (exact) mass is 535 g/mol. The van der Waals surface area contributed by atoms with E-state index >= 15 is 0 Å². The molecule has 0 bridgehead atoms. The number of anilines is 2. The highest BCUT2D eigenvalue weighted by molar-refractivity contribution is 6.04. The normalized spacial score (nSPS) is 15.8. The predicted molar refractivity (Wildman–Crippen MR) is 139 cm³/mol. The third-order valence-corrected chi connectivity index (χ3v) is 6.64. The maximum absolute atomic E-state index is 14.4. The number of nitrogens with one attached hydrogen (secondary N) is 1. The first-order valence-corrected chi connectivity index (χ1v) is 12.2. The number of nitrogens with two attached hydrogens (primary N) is 1. The summed E-state index contributed by atoms with van der Waals surface area (Å²) in [5.74, 6) is -1.08. The van der Waals surface area contributed by atoms with Gasteiger partial charge in [-0.05, 0) is 55.3 Å². The fourth-order valence-corrected chi connectivity index (χ4v) is 4.83. The second-order valence-corrected chi connectivity index (χ2v) is 9.10. The van der Waals surface area contributed by atoms with Gasteiger partial charge in [-0.15, -0.1) is 0 Å². The summed E-state index contributed by atoms with van der Waals surface area (Å²) in [5, 5.41) is 2.49. The molecule has 1 fully saturated rings. The fourth-order valence-electron chi connectivity index (χ4n) is 4.83. The van der Waals surface area contributed by atoms with Crippen LogP contribution in [-0.4, -0.2) is 49.2 Å². The van der Waals surface area contributed by atoms with Crippen LogP contribution >= 0.6 is 0 Å². The number of imidazole rings is 1. The molecule has 4 aromatic rings. The third-order valence-electron chi connectivity index (χ3n) is 6.64. The number of fused-ring (bicyclic) bond motifs is 1. The molecule has 0 radical (unpaired) electrons. The zero-order valence-electron chi connectivity index (χ0n) is 20.7. The van der Waals surface area contributed by atoms with Gasteiger partial charge in [-0.1, -0.05) is 12.6 Å². The van der Waals surface area contributed by atoms with Crippen LogP contribution in [0.2, 0.25) is 0 Å². The van der Waals surface area contributed by atoms with E-state index < -0.39 is 17.6 Å². The Balaban J connectivity index is 1.60. The van der Waals surface area contributed by atoms with E-state index in [1.54, 1.807) is 23.1 Å². The average molecular weight is 536 g/mol. The lowest BCUT2D eigenvalue weighted by Crippen LogP contribution is -2.38. The number of amides is 2. The van der Waals surface area contributed by atoms with Gasteiger partial charge in [-0.2, -0.15) is 13.2 Å². The second-order valence-electron chi connectivity index (χ2n) is 9.10. The maximum Gasteiger partial charge on any atom is 0.417 e. The van der Waals surface area contributed by atoms with Gasteiger partial charge in [0, 0.05) is 42.5 Å². The standard InChI is InChI=1S/C27H24F3N7O2/c1-2-22(38)36-13-5-6-17(15-36)23-20-10-12-33-26(31)37(20)24(35-23)18-9-8-16(14-19(18)27(28,29)30)25(39)34-21-7-3-4-11-32-21/h2-4,7-12,14,17H,1,5-6,13,15H2,(H2,31,33)(H,32,34,39). The summed E-state index contributed by atoms with van der Waals surface area (Å²) in [5.41, 5.74) is 5.65. The van der Waals surface area contributed by atoms with Crippen LogP contribution in [0.15, 0.2) is 67.5 Å². The van der Waals surface area contributed by atoms with Crippen molar-refractivity contribution in [2.24, 2.45) is 0 Å². The average Bonchev–Trinajstić information content (AvgIpc) is 3.33. The molecular formula is C27H24F3N7O2. The first-order chi connectivity index (χ1) is 18.7. The number of rotatable bonds is 5. The van der Waals surface area contributed by atoms with Crippen molar-refractivity contribution in [2.75, 3.05) is 24.1 Å². The van der Waals surface area contributed by atoms with E-state index in [-0.39, 0.29) is 40.5 Å². The SMILES string of the molecule is C=CC(=O)N1CCCC(c2nc(-c3ccc(C(=O)Nc4ccccn4)cc3C(F)(F)F)n3c(N)nccc23)C1. The van der Waals surface area contributed by atoms with Gasteiger partial charge in [0.05, 0.1) is 16.8 Å². The van der Waals surface area contributed by atoms with E-state index in [1.165, 1.54) is 41.1 Å². The lowest BCUT2D eigenvalue weighted by molar-refractivity contribution is -0.137. The van der Waals surface area contributed by atoms with Gasteiger partial charge < -0.3 is 16.0 Å². The third kappa shape index (κ3) is 5.05. The van der Waals surface area contributed by atoms with Crippen molar-refractivity contribution in [1.29, 1.82) is 0 Å². The van der Waals surface area contributed by atoms with Gasteiger partial charge in [0.2, 0.25) is 11.9 Å². The molecule has 12 heteroatoms. The van der Waals surface area contributed by atoms with Crippen molar-refractivity contribution >= 4 is 29.1 Å². The van der Waals surface area contributed by atoms with Crippen LogP contribution in [0, 0.1) is 0 Å². The number of likely N-dealkylation sites (tertiary alicyclic amines) is 1. The minimum Gasteiger partial charge on any atom is -0.369 e. The highest BCUT2D eigenvalue weighted by Gasteiger charge is 2.37. The van der Waals surface area contributed by atoms with Crippen LogP contribution in [0.5, 0.6) is 0 Å². The molecule has 1 aromatic carbocycles. The smallest absolute Gasteiger partial charge is 0.369 e. The first kappa shape index (κ1) is 25.9. The first-order valence-electron chi connectivity index (χ1n) is 12.2. The molecule has 0 saturated carbocycles. The van der Waals surface area contributed by atoms with Crippen molar-refractivity contribution in [3.05, 3.63) is 84.3 Å². The Morgan fingerprint density at radius 3 is 2.67 bits per heavy atom. The van der Waals surface area contributed by atoms with Crippen molar-refractivity contribution in [3.8, 4) is 11.4 Å². The van der Waals surface area contributed by atoms with Gasteiger partial charge in [-0.3, -0.25) is 14.0 Å². The minimum atomic E-state index is -4.81. The van der Waals surface area contributed by atoms with Gasteiger partial charge in [-0.25, -0.2) is 15.0 Å². The van der Waals surface area contributed by atoms with Crippen molar-refractivity contribution in [3.63, 3.8) is 0 Å². The summed E-state index contributed by atoms with van der Waals surface area (Å²) in [6, 6.07) is 9.74. The molecule has 1 aliphatic rings. The summed E-state index contributed by atoms with van der Waals surface area (Å²) in [6.07, 6.45) is 0.740. The van der Waals surface area contributed by atoms with Gasteiger partial charge in [0.25, 0.3) is 5.91 Å². The molecule has 1 unspecified atom stereocenters. The fraction of sp³-hybridized carbons (Fsp3) is 0.222. The molecule has 9 nitrogen and oxygen atoms in total. The van der Waals surface area contributed by atoms with Gasteiger partial charge in [0.15, 0.2) is 0 Å². The van der Waals surface area contributed by atoms with Crippen LogP contribution < -0.4 is 11.1 Å². The number of carbonyl (C=O) groups excluding carboxylic acids is 2. The predicted octanol–water partition coefficient (Wildman–Crippen LogP) is 4.54. The second kappa shape index (κ2) is 10.2.